The normalized spacial score (nSPS) is 29.5. The van der Waals surface area contributed by atoms with E-state index in [-0.39, 0.29) is 48.6 Å². The Balaban J connectivity index is 0.00000182. The van der Waals surface area contributed by atoms with Crippen LogP contribution in [0, 0.1) is 17.8 Å². The van der Waals surface area contributed by atoms with Gasteiger partial charge in [-0.2, -0.15) is 5.10 Å². The lowest BCUT2D eigenvalue weighted by Gasteiger charge is -2.36. The highest BCUT2D eigenvalue weighted by Crippen LogP contribution is 2.28. The van der Waals surface area contributed by atoms with Crippen molar-refractivity contribution in [2.75, 3.05) is 32.7 Å². The van der Waals surface area contributed by atoms with Crippen LogP contribution in [0.3, 0.4) is 0 Å². The molecule has 1 aromatic heterocycles. The molecule has 1 amide bonds. The maximum atomic E-state index is 12.8. The van der Waals surface area contributed by atoms with Gasteiger partial charge >= 0.3 is 0 Å². The van der Waals surface area contributed by atoms with Gasteiger partial charge in [0, 0.05) is 57.9 Å². The smallest absolute Gasteiger partial charge is 0.225 e. The fourth-order valence-electron chi connectivity index (χ4n) is 4.66. The number of nitrogens with zero attached hydrogens (tertiary/aromatic N) is 3. The van der Waals surface area contributed by atoms with E-state index in [4.69, 9.17) is 0 Å². The van der Waals surface area contributed by atoms with Gasteiger partial charge in [0.1, 0.15) is 0 Å². The maximum Gasteiger partial charge on any atom is 0.225 e. The quantitative estimate of drug-likeness (QED) is 0.766. The molecule has 3 unspecified atom stereocenters. The van der Waals surface area contributed by atoms with Crippen LogP contribution in [0.4, 0.5) is 0 Å². The molecule has 2 N–H and O–H groups in total. The largest absolute Gasteiger partial charge is 0.352 e. The van der Waals surface area contributed by atoms with Crippen molar-refractivity contribution >= 4 is 30.7 Å². The predicted octanol–water partition coefficient (Wildman–Crippen LogP) is 2.05. The van der Waals surface area contributed by atoms with Crippen molar-refractivity contribution in [1.29, 1.82) is 0 Å². The van der Waals surface area contributed by atoms with Gasteiger partial charge in [0.05, 0.1) is 12.1 Å². The zero-order chi connectivity index (χ0) is 18.0. The molecule has 2 fully saturated rings. The van der Waals surface area contributed by atoms with E-state index < -0.39 is 0 Å². The second kappa shape index (κ2) is 10.6. The molecule has 0 aliphatic carbocycles. The number of carbonyl (C=O) groups excluding carboxylic acids is 1. The molecular formula is C19H35Cl2N5O. The number of likely N-dealkylation sites (tertiary alicyclic amines) is 1. The number of halogens is 2. The third kappa shape index (κ3) is 6.34. The fourth-order valence-corrected chi connectivity index (χ4v) is 4.66. The van der Waals surface area contributed by atoms with E-state index >= 15 is 0 Å². The van der Waals surface area contributed by atoms with Gasteiger partial charge in [-0.15, -0.1) is 24.8 Å². The Bertz CT molecular complexity index is 586. The predicted molar refractivity (Wildman–Crippen MR) is 114 cm³/mol. The average Bonchev–Trinajstić information content (AvgIpc) is 3.14. The summed E-state index contributed by atoms with van der Waals surface area (Å²) in [5, 5.41) is 10.9. The third-order valence-electron chi connectivity index (χ3n) is 5.57. The van der Waals surface area contributed by atoms with Crippen LogP contribution in [0.2, 0.25) is 0 Å². The number of aromatic nitrogens is 2. The van der Waals surface area contributed by atoms with Crippen LogP contribution in [0.5, 0.6) is 0 Å². The first kappa shape index (κ1) is 24.2. The second-order valence-electron chi connectivity index (χ2n) is 8.39. The van der Waals surface area contributed by atoms with Crippen molar-refractivity contribution < 1.29 is 4.79 Å². The molecule has 1 aromatic rings. The molecular weight excluding hydrogens is 385 g/mol. The molecule has 2 aliphatic heterocycles. The van der Waals surface area contributed by atoms with Gasteiger partial charge in [-0.1, -0.05) is 13.8 Å². The maximum absolute atomic E-state index is 12.8. The van der Waals surface area contributed by atoms with Gasteiger partial charge in [0.25, 0.3) is 0 Å². The van der Waals surface area contributed by atoms with Crippen molar-refractivity contribution in [3.05, 3.63) is 18.0 Å². The van der Waals surface area contributed by atoms with Crippen LogP contribution >= 0.6 is 24.8 Å². The highest BCUT2D eigenvalue weighted by molar-refractivity contribution is 5.85. The monoisotopic (exact) mass is 419 g/mol. The highest BCUT2D eigenvalue weighted by Gasteiger charge is 2.35. The Labute approximate surface area is 175 Å². The number of nitrogens with one attached hydrogen (secondary N) is 2. The Morgan fingerprint density at radius 1 is 1.30 bits per heavy atom. The van der Waals surface area contributed by atoms with Crippen molar-refractivity contribution in [3.63, 3.8) is 0 Å². The zero-order valence-electron chi connectivity index (χ0n) is 16.9. The number of piperidine rings is 1. The molecule has 3 heterocycles. The molecule has 5 atom stereocenters. The molecule has 8 heteroatoms. The summed E-state index contributed by atoms with van der Waals surface area (Å²) in [4.78, 5) is 15.3. The molecule has 0 bridgehead atoms. The summed E-state index contributed by atoms with van der Waals surface area (Å²) in [7, 11) is 1.92. The van der Waals surface area contributed by atoms with Crippen LogP contribution in [-0.4, -0.2) is 59.4 Å². The number of hydrogen-bond acceptors (Lipinski definition) is 4. The summed E-state index contributed by atoms with van der Waals surface area (Å²) in [6.45, 7) is 11.6. The summed E-state index contributed by atoms with van der Waals surface area (Å²) in [5.41, 5.74) is 1.15. The van der Waals surface area contributed by atoms with Gasteiger partial charge in [0.15, 0.2) is 0 Å². The Kier molecular flexibility index (Phi) is 9.55. The molecule has 0 aromatic carbocycles. The van der Waals surface area contributed by atoms with Gasteiger partial charge in [-0.05, 0) is 30.7 Å². The SMILES string of the molecule is CC1CC(C)CN(CC(C)NC(=O)[C@H]2CNC[C@@H]2c2cnn(C)c2)C1.Cl.Cl. The minimum Gasteiger partial charge on any atom is -0.352 e. The highest BCUT2D eigenvalue weighted by atomic mass is 35.5. The summed E-state index contributed by atoms with van der Waals surface area (Å²) in [6, 6.07) is 0.181. The van der Waals surface area contributed by atoms with Crippen molar-refractivity contribution in [2.45, 2.75) is 39.2 Å². The first-order chi connectivity index (χ1) is 11.9. The van der Waals surface area contributed by atoms with Gasteiger partial charge in [-0.3, -0.25) is 9.48 Å². The lowest BCUT2D eigenvalue weighted by molar-refractivity contribution is -0.125. The van der Waals surface area contributed by atoms with E-state index in [1.807, 2.05) is 24.1 Å². The second-order valence-corrected chi connectivity index (χ2v) is 8.39. The molecule has 27 heavy (non-hydrogen) atoms. The van der Waals surface area contributed by atoms with E-state index in [1.165, 1.54) is 6.42 Å². The Morgan fingerprint density at radius 2 is 1.96 bits per heavy atom. The van der Waals surface area contributed by atoms with E-state index in [9.17, 15) is 4.79 Å². The van der Waals surface area contributed by atoms with Gasteiger partial charge in [-0.25, -0.2) is 0 Å². The summed E-state index contributed by atoms with van der Waals surface area (Å²) >= 11 is 0. The standard InChI is InChI=1S/C19H33N5O.2ClH/c1-13-5-14(2)10-24(9-13)11-15(3)22-19(25)18-8-20-7-17(18)16-6-21-23(4)12-16;;/h6,12-15,17-18,20H,5,7-11H2,1-4H3,(H,22,25);2*1H/t13?,14?,15?,17-,18+;;/m1../s1. The van der Waals surface area contributed by atoms with Crippen LogP contribution < -0.4 is 10.6 Å². The third-order valence-corrected chi connectivity index (χ3v) is 5.57. The van der Waals surface area contributed by atoms with Crippen LogP contribution in [0.15, 0.2) is 12.4 Å². The summed E-state index contributed by atoms with van der Waals surface area (Å²) in [5.74, 6) is 1.88. The number of carbonyl (C=O) groups is 1. The molecule has 3 rings (SSSR count). The van der Waals surface area contributed by atoms with Crippen molar-refractivity contribution in [2.24, 2.45) is 24.8 Å². The lowest BCUT2D eigenvalue weighted by Crippen LogP contribution is -2.48. The van der Waals surface area contributed by atoms with E-state index in [0.717, 1.165) is 50.1 Å². The fraction of sp³-hybridized carbons (Fsp3) is 0.789. The zero-order valence-corrected chi connectivity index (χ0v) is 18.5. The molecule has 0 radical (unpaired) electrons. The average molecular weight is 420 g/mol. The first-order valence-electron chi connectivity index (χ1n) is 9.64. The molecule has 6 nitrogen and oxygen atoms in total. The van der Waals surface area contributed by atoms with Crippen LogP contribution in [0.25, 0.3) is 0 Å². The minimum absolute atomic E-state index is 0. The molecule has 0 spiro atoms. The molecule has 156 valence electrons. The molecule has 2 aliphatic rings. The van der Waals surface area contributed by atoms with E-state index in [0.29, 0.717) is 0 Å². The number of hydrogen-bond donors (Lipinski definition) is 2. The van der Waals surface area contributed by atoms with Crippen molar-refractivity contribution in [3.8, 4) is 0 Å². The van der Waals surface area contributed by atoms with Crippen LogP contribution in [-0.2, 0) is 11.8 Å². The van der Waals surface area contributed by atoms with Gasteiger partial charge < -0.3 is 15.5 Å². The first-order valence-corrected chi connectivity index (χ1v) is 9.64. The minimum atomic E-state index is -0.00847. The topological polar surface area (TPSA) is 62.2 Å². The van der Waals surface area contributed by atoms with E-state index in [1.54, 1.807) is 0 Å². The Hall–Kier alpha value is -0.820. The molecule has 0 saturated carbocycles. The van der Waals surface area contributed by atoms with Crippen molar-refractivity contribution in [1.82, 2.24) is 25.3 Å². The lowest BCUT2D eigenvalue weighted by atomic mass is 9.90. The summed E-state index contributed by atoms with van der Waals surface area (Å²) in [6.07, 6.45) is 5.23. The number of aryl methyl sites for hydroxylation is 1. The van der Waals surface area contributed by atoms with E-state index in [2.05, 4.69) is 41.4 Å². The molecule has 2 saturated heterocycles. The van der Waals surface area contributed by atoms with Crippen LogP contribution in [0.1, 0.15) is 38.7 Å². The summed E-state index contributed by atoms with van der Waals surface area (Å²) < 4.78 is 1.81. The Morgan fingerprint density at radius 3 is 2.56 bits per heavy atom. The number of amides is 1. The number of rotatable bonds is 5. The van der Waals surface area contributed by atoms with Gasteiger partial charge in [0.2, 0.25) is 5.91 Å².